The van der Waals surface area contributed by atoms with E-state index in [1.54, 1.807) is 0 Å². The average Bonchev–Trinajstić information content (AvgIpc) is 2.76. The molecular weight excluding hydrogens is 212 g/mol. The second kappa shape index (κ2) is 6.39. The summed E-state index contributed by atoms with van der Waals surface area (Å²) in [6.45, 7) is 4.41. The molecule has 3 heteroatoms. The first-order valence-electron chi connectivity index (χ1n) is 7.28. The maximum absolute atomic E-state index is 11.0. The number of amides is 1. The second-order valence-corrected chi connectivity index (χ2v) is 5.76. The lowest BCUT2D eigenvalue weighted by atomic mass is 9.81. The monoisotopic (exact) mass is 238 g/mol. The second-order valence-electron chi connectivity index (χ2n) is 5.76. The van der Waals surface area contributed by atoms with Crippen LogP contribution in [0, 0.1) is 11.8 Å². The molecule has 2 aliphatic rings. The van der Waals surface area contributed by atoms with E-state index in [1.165, 1.54) is 32.1 Å². The minimum Gasteiger partial charge on any atom is -0.352 e. The third-order valence-corrected chi connectivity index (χ3v) is 4.45. The fourth-order valence-electron chi connectivity index (χ4n) is 3.14. The molecule has 2 N–H and O–H groups in total. The van der Waals surface area contributed by atoms with Crippen molar-refractivity contribution in [3.05, 3.63) is 0 Å². The van der Waals surface area contributed by atoms with Gasteiger partial charge in [0.2, 0.25) is 5.91 Å². The molecule has 1 amide bonds. The van der Waals surface area contributed by atoms with Crippen LogP contribution in [0.15, 0.2) is 0 Å². The predicted octanol–water partition coefficient (Wildman–Crippen LogP) is 2.07. The maximum atomic E-state index is 11.0. The molecular formula is C14H26N2O. The molecule has 1 aliphatic carbocycles. The number of hydrogen-bond donors (Lipinski definition) is 2. The van der Waals surface area contributed by atoms with Gasteiger partial charge in [-0.3, -0.25) is 4.79 Å². The Morgan fingerprint density at radius 2 is 1.82 bits per heavy atom. The number of nitrogens with one attached hydrogen (secondary N) is 2. The lowest BCUT2D eigenvalue weighted by Gasteiger charge is -2.28. The van der Waals surface area contributed by atoms with Gasteiger partial charge in [-0.05, 0) is 37.6 Å². The van der Waals surface area contributed by atoms with Crippen molar-refractivity contribution >= 4 is 5.91 Å². The zero-order valence-electron chi connectivity index (χ0n) is 11.0. The Bertz CT molecular complexity index is 247. The molecule has 98 valence electrons. The van der Waals surface area contributed by atoms with E-state index in [-0.39, 0.29) is 5.91 Å². The quantitative estimate of drug-likeness (QED) is 0.770. The Labute approximate surface area is 105 Å². The molecule has 0 aromatic heterocycles. The van der Waals surface area contributed by atoms with Crippen LogP contribution in [0.5, 0.6) is 0 Å². The average molecular weight is 238 g/mol. The van der Waals surface area contributed by atoms with Gasteiger partial charge in [-0.15, -0.1) is 0 Å². The van der Waals surface area contributed by atoms with Crippen LogP contribution >= 0.6 is 0 Å². The highest BCUT2D eigenvalue weighted by Crippen LogP contribution is 2.30. The highest BCUT2D eigenvalue weighted by molar-refractivity contribution is 5.78. The molecule has 0 radical (unpaired) electrons. The van der Waals surface area contributed by atoms with Gasteiger partial charge in [-0.2, -0.15) is 0 Å². The van der Waals surface area contributed by atoms with E-state index >= 15 is 0 Å². The molecule has 0 aromatic rings. The SMILES string of the molecule is CCC1CCC(CNCC2CCC(=O)N2)CC1. The molecule has 0 spiro atoms. The van der Waals surface area contributed by atoms with Crippen molar-refractivity contribution in [3.8, 4) is 0 Å². The summed E-state index contributed by atoms with van der Waals surface area (Å²) >= 11 is 0. The first-order valence-corrected chi connectivity index (χ1v) is 7.28. The maximum Gasteiger partial charge on any atom is 0.220 e. The molecule has 1 saturated heterocycles. The van der Waals surface area contributed by atoms with E-state index in [9.17, 15) is 4.79 Å². The van der Waals surface area contributed by atoms with Crippen LogP contribution in [-0.2, 0) is 4.79 Å². The van der Waals surface area contributed by atoms with Gasteiger partial charge in [0.05, 0.1) is 0 Å². The van der Waals surface area contributed by atoms with Crippen molar-refractivity contribution in [2.75, 3.05) is 13.1 Å². The summed E-state index contributed by atoms with van der Waals surface area (Å²) in [6.07, 6.45) is 8.70. The van der Waals surface area contributed by atoms with Gasteiger partial charge < -0.3 is 10.6 Å². The van der Waals surface area contributed by atoms with E-state index < -0.39 is 0 Å². The van der Waals surface area contributed by atoms with Gasteiger partial charge in [0, 0.05) is 19.0 Å². The van der Waals surface area contributed by atoms with Crippen LogP contribution in [0.3, 0.4) is 0 Å². The number of hydrogen-bond acceptors (Lipinski definition) is 2. The number of carbonyl (C=O) groups is 1. The molecule has 17 heavy (non-hydrogen) atoms. The zero-order chi connectivity index (χ0) is 12.1. The van der Waals surface area contributed by atoms with Crippen LogP contribution in [-0.4, -0.2) is 25.0 Å². The van der Waals surface area contributed by atoms with E-state index in [2.05, 4.69) is 17.6 Å². The Balaban J connectivity index is 1.55. The van der Waals surface area contributed by atoms with Crippen molar-refractivity contribution in [1.29, 1.82) is 0 Å². The van der Waals surface area contributed by atoms with Crippen LogP contribution < -0.4 is 10.6 Å². The van der Waals surface area contributed by atoms with Gasteiger partial charge >= 0.3 is 0 Å². The van der Waals surface area contributed by atoms with Gasteiger partial charge in [-0.25, -0.2) is 0 Å². The van der Waals surface area contributed by atoms with Gasteiger partial charge in [0.25, 0.3) is 0 Å². The summed E-state index contributed by atoms with van der Waals surface area (Å²) in [6, 6.07) is 0.384. The Hall–Kier alpha value is -0.570. The first-order chi connectivity index (χ1) is 8.28. The molecule has 1 unspecified atom stereocenters. The topological polar surface area (TPSA) is 41.1 Å². The standard InChI is InChI=1S/C14H26N2O/c1-2-11-3-5-12(6-4-11)9-15-10-13-7-8-14(17)16-13/h11-13,15H,2-10H2,1H3,(H,16,17). The van der Waals surface area contributed by atoms with Crippen molar-refractivity contribution < 1.29 is 4.79 Å². The highest BCUT2D eigenvalue weighted by Gasteiger charge is 2.22. The van der Waals surface area contributed by atoms with Crippen LogP contribution in [0.25, 0.3) is 0 Å². The van der Waals surface area contributed by atoms with E-state index in [1.807, 2.05) is 0 Å². The number of rotatable bonds is 5. The highest BCUT2D eigenvalue weighted by atomic mass is 16.1. The molecule has 3 nitrogen and oxygen atoms in total. The van der Waals surface area contributed by atoms with Crippen molar-refractivity contribution in [3.63, 3.8) is 0 Å². The first kappa shape index (κ1) is 12.9. The summed E-state index contributed by atoms with van der Waals surface area (Å²) in [7, 11) is 0. The summed E-state index contributed by atoms with van der Waals surface area (Å²) in [5.41, 5.74) is 0. The summed E-state index contributed by atoms with van der Waals surface area (Å²) in [4.78, 5) is 11.0. The van der Waals surface area contributed by atoms with E-state index in [0.29, 0.717) is 12.5 Å². The molecule has 1 aliphatic heterocycles. The van der Waals surface area contributed by atoms with Crippen molar-refractivity contribution in [2.45, 2.75) is 57.9 Å². The minimum atomic E-state index is 0.222. The third-order valence-electron chi connectivity index (χ3n) is 4.45. The lowest BCUT2D eigenvalue weighted by molar-refractivity contribution is -0.119. The molecule has 0 bridgehead atoms. The van der Waals surface area contributed by atoms with Gasteiger partial charge in [0.15, 0.2) is 0 Å². The van der Waals surface area contributed by atoms with Crippen LogP contribution in [0.2, 0.25) is 0 Å². The Morgan fingerprint density at radius 3 is 2.41 bits per heavy atom. The molecule has 2 rings (SSSR count). The summed E-state index contributed by atoms with van der Waals surface area (Å²) in [5, 5.41) is 6.54. The smallest absolute Gasteiger partial charge is 0.220 e. The van der Waals surface area contributed by atoms with E-state index in [0.717, 1.165) is 31.3 Å². The zero-order valence-corrected chi connectivity index (χ0v) is 11.0. The van der Waals surface area contributed by atoms with E-state index in [4.69, 9.17) is 0 Å². The molecule has 1 heterocycles. The van der Waals surface area contributed by atoms with Gasteiger partial charge in [-0.1, -0.05) is 26.2 Å². The fourth-order valence-corrected chi connectivity index (χ4v) is 3.14. The molecule has 1 saturated carbocycles. The van der Waals surface area contributed by atoms with Gasteiger partial charge in [0.1, 0.15) is 0 Å². The lowest BCUT2D eigenvalue weighted by Crippen LogP contribution is -2.38. The minimum absolute atomic E-state index is 0.222. The van der Waals surface area contributed by atoms with Crippen molar-refractivity contribution in [2.24, 2.45) is 11.8 Å². The Kier molecular flexibility index (Phi) is 4.84. The largest absolute Gasteiger partial charge is 0.352 e. The normalized spacial score (nSPS) is 33.7. The van der Waals surface area contributed by atoms with Crippen molar-refractivity contribution in [1.82, 2.24) is 10.6 Å². The molecule has 2 fully saturated rings. The van der Waals surface area contributed by atoms with Crippen LogP contribution in [0.1, 0.15) is 51.9 Å². The third kappa shape index (κ3) is 3.98. The number of carbonyl (C=O) groups excluding carboxylic acids is 1. The summed E-state index contributed by atoms with van der Waals surface area (Å²) < 4.78 is 0. The molecule has 1 atom stereocenters. The summed E-state index contributed by atoms with van der Waals surface area (Å²) in [5.74, 6) is 2.08. The predicted molar refractivity (Wildman–Crippen MR) is 69.8 cm³/mol. The fraction of sp³-hybridized carbons (Fsp3) is 0.929. The molecule has 0 aromatic carbocycles. The Morgan fingerprint density at radius 1 is 1.12 bits per heavy atom. The van der Waals surface area contributed by atoms with Crippen LogP contribution in [0.4, 0.5) is 0 Å².